The Kier molecular flexibility index (Phi) is 10.3. The molecular weight excluding hydrogens is 438 g/mol. The van der Waals surface area contributed by atoms with Crippen LogP contribution in [0.1, 0.15) is 119 Å². The number of unbranched alkanes of at least 4 members (excludes halogenated alkanes) is 5. The van der Waals surface area contributed by atoms with Crippen molar-refractivity contribution in [3.8, 4) is 0 Å². The molecule has 0 saturated heterocycles. The third kappa shape index (κ3) is 7.17. The average Bonchev–Trinajstić information content (AvgIpc) is 3.03. The third-order valence-corrected chi connectivity index (χ3v) is 5.96. The molecule has 0 radical (unpaired) electrons. The van der Waals surface area contributed by atoms with Crippen LogP contribution in [-0.2, 0) is 14.3 Å². The fourth-order valence-corrected chi connectivity index (χ4v) is 4.03. The second-order valence-electron chi connectivity index (χ2n) is 8.69. The van der Waals surface area contributed by atoms with Gasteiger partial charge < -0.3 is 9.53 Å². The fourth-order valence-electron chi connectivity index (χ4n) is 4.03. The molecule has 8 nitrogen and oxygen atoms in total. The van der Waals surface area contributed by atoms with Crippen LogP contribution in [-0.4, -0.2) is 53.7 Å². The van der Waals surface area contributed by atoms with Crippen molar-refractivity contribution in [1.29, 1.82) is 0 Å². The number of hydrogen-bond acceptors (Lipinski definition) is 7. The van der Waals surface area contributed by atoms with Crippen LogP contribution in [0.5, 0.6) is 0 Å². The van der Waals surface area contributed by atoms with E-state index in [-0.39, 0.29) is 65.0 Å². The van der Waals surface area contributed by atoms with Gasteiger partial charge in [-0.25, -0.2) is 0 Å². The lowest BCUT2D eigenvalue weighted by Crippen LogP contribution is -2.30. The van der Waals surface area contributed by atoms with Crippen molar-refractivity contribution in [2.75, 3.05) is 13.7 Å². The van der Waals surface area contributed by atoms with Crippen molar-refractivity contribution in [3.63, 3.8) is 0 Å². The highest BCUT2D eigenvalue weighted by molar-refractivity contribution is 6.23. The first-order valence-corrected chi connectivity index (χ1v) is 11.8. The number of rotatable bonds is 15. The number of Topliss-reactive ketones (excluding diaryl/α,β-unsaturated/α-hetero) is 3. The van der Waals surface area contributed by atoms with Gasteiger partial charge in [0, 0.05) is 36.9 Å². The summed E-state index contributed by atoms with van der Waals surface area (Å²) in [5, 5.41) is 0. The second-order valence-corrected chi connectivity index (χ2v) is 8.69. The van der Waals surface area contributed by atoms with E-state index in [1.807, 2.05) is 0 Å². The minimum absolute atomic E-state index is 0.144. The normalized spacial score (nSPS) is 12.6. The predicted octanol–water partition coefficient (Wildman–Crippen LogP) is 4.33. The number of amides is 2. The van der Waals surface area contributed by atoms with Crippen molar-refractivity contribution in [2.45, 2.75) is 78.1 Å². The van der Waals surface area contributed by atoms with Crippen LogP contribution in [0.4, 0.5) is 0 Å². The van der Waals surface area contributed by atoms with E-state index in [9.17, 15) is 28.8 Å². The van der Waals surface area contributed by atoms with Crippen LogP contribution in [0.2, 0.25) is 0 Å². The Hall–Kier alpha value is -3.16. The summed E-state index contributed by atoms with van der Waals surface area (Å²) in [4.78, 5) is 74.1. The first kappa shape index (κ1) is 27.1. The zero-order valence-electron chi connectivity index (χ0n) is 20.2. The summed E-state index contributed by atoms with van der Waals surface area (Å²) in [7, 11) is 1.33. The largest absolute Gasteiger partial charge is 0.469 e. The van der Waals surface area contributed by atoms with Gasteiger partial charge in [-0.1, -0.05) is 19.3 Å². The molecule has 184 valence electrons. The van der Waals surface area contributed by atoms with Crippen molar-refractivity contribution < 1.29 is 33.5 Å². The number of esters is 1. The molecule has 1 aromatic rings. The van der Waals surface area contributed by atoms with Crippen molar-refractivity contribution in [3.05, 3.63) is 34.4 Å². The summed E-state index contributed by atoms with van der Waals surface area (Å²) in [5.41, 5.74) is 0.623. The molecule has 0 unspecified atom stereocenters. The quantitative estimate of drug-likeness (QED) is 0.162. The highest BCUT2D eigenvalue weighted by atomic mass is 16.5. The van der Waals surface area contributed by atoms with Crippen LogP contribution in [0, 0.1) is 0 Å². The Morgan fingerprint density at radius 1 is 0.735 bits per heavy atom. The molecule has 0 N–H and O–H groups in total. The van der Waals surface area contributed by atoms with Gasteiger partial charge in [0.15, 0.2) is 11.6 Å². The van der Waals surface area contributed by atoms with Crippen molar-refractivity contribution in [1.82, 2.24) is 4.90 Å². The molecule has 1 heterocycles. The molecule has 0 aromatic heterocycles. The summed E-state index contributed by atoms with van der Waals surface area (Å²) in [6, 6.07) is 2.76. The maximum absolute atomic E-state index is 12.9. The number of carbonyl (C=O) groups is 6. The van der Waals surface area contributed by atoms with Gasteiger partial charge >= 0.3 is 5.97 Å². The van der Waals surface area contributed by atoms with Gasteiger partial charge in [-0.15, -0.1) is 0 Å². The molecule has 1 aliphatic heterocycles. The maximum Gasteiger partial charge on any atom is 0.305 e. The van der Waals surface area contributed by atoms with E-state index >= 15 is 0 Å². The molecule has 0 spiro atoms. The average molecular weight is 472 g/mol. The number of nitrogens with zero attached hydrogens (tertiary/aromatic N) is 1. The first-order chi connectivity index (χ1) is 16.2. The van der Waals surface area contributed by atoms with Gasteiger partial charge in [-0.3, -0.25) is 28.9 Å². The summed E-state index contributed by atoms with van der Waals surface area (Å²) in [6.07, 6.45) is 5.87. The lowest BCUT2D eigenvalue weighted by atomic mass is 9.92. The Morgan fingerprint density at radius 3 is 1.82 bits per heavy atom. The van der Waals surface area contributed by atoms with Crippen LogP contribution in [0.25, 0.3) is 0 Å². The second kappa shape index (κ2) is 12.9. The van der Waals surface area contributed by atoms with Crippen LogP contribution >= 0.6 is 0 Å². The highest BCUT2D eigenvalue weighted by Gasteiger charge is 2.37. The van der Waals surface area contributed by atoms with Gasteiger partial charge in [-0.05, 0) is 51.7 Å². The van der Waals surface area contributed by atoms with E-state index in [1.54, 1.807) is 6.92 Å². The van der Waals surface area contributed by atoms with E-state index in [2.05, 4.69) is 4.74 Å². The Balaban J connectivity index is 2.04. The molecule has 0 saturated carbocycles. The SMILES string of the molecule is COC(=O)CCCCCN1C(=O)c2cc(C(C)=O)c(C(=O)CCCCCCC(C)=O)cc2C1=O. The van der Waals surface area contributed by atoms with Crippen LogP contribution < -0.4 is 0 Å². The zero-order valence-corrected chi connectivity index (χ0v) is 20.2. The van der Waals surface area contributed by atoms with Gasteiger partial charge in [0.05, 0.1) is 18.2 Å². The van der Waals surface area contributed by atoms with Crippen LogP contribution in [0.3, 0.4) is 0 Å². The smallest absolute Gasteiger partial charge is 0.305 e. The highest BCUT2D eigenvalue weighted by Crippen LogP contribution is 2.28. The number of methoxy groups -OCH3 is 1. The molecule has 8 heteroatoms. The summed E-state index contributed by atoms with van der Waals surface area (Å²) >= 11 is 0. The number of hydrogen-bond donors (Lipinski definition) is 0. The fraction of sp³-hybridized carbons (Fsp3) is 0.538. The zero-order chi connectivity index (χ0) is 25.3. The number of carbonyl (C=O) groups excluding carboxylic acids is 6. The van der Waals surface area contributed by atoms with Crippen molar-refractivity contribution in [2.24, 2.45) is 0 Å². The maximum atomic E-state index is 12.9. The number of benzene rings is 1. The third-order valence-electron chi connectivity index (χ3n) is 5.96. The molecule has 0 bridgehead atoms. The van der Waals surface area contributed by atoms with Gasteiger partial charge in [0.1, 0.15) is 5.78 Å². The Bertz CT molecular complexity index is 980. The molecule has 0 aliphatic carbocycles. The van der Waals surface area contributed by atoms with E-state index < -0.39 is 11.8 Å². The lowest BCUT2D eigenvalue weighted by molar-refractivity contribution is -0.140. The van der Waals surface area contributed by atoms with E-state index in [1.165, 1.54) is 26.2 Å². The number of imide groups is 1. The molecule has 34 heavy (non-hydrogen) atoms. The monoisotopic (exact) mass is 471 g/mol. The van der Waals surface area contributed by atoms with E-state index in [0.717, 1.165) is 24.2 Å². The number of fused-ring (bicyclic) bond motifs is 1. The van der Waals surface area contributed by atoms with E-state index in [4.69, 9.17) is 0 Å². The molecule has 0 atom stereocenters. The van der Waals surface area contributed by atoms with Crippen molar-refractivity contribution >= 4 is 35.1 Å². The summed E-state index contributed by atoms with van der Waals surface area (Å²) in [6.45, 7) is 3.09. The van der Waals surface area contributed by atoms with E-state index in [0.29, 0.717) is 32.1 Å². The minimum Gasteiger partial charge on any atom is -0.469 e. The van der Waals surface area contributed by atoms with Gasteiger partial charge in [0.25, 0.3) is 11.8 Å². The summed E-state index contributed by atoms with van der Waals surface area (Å²) < 4.78 is 4.59. The number of ether oxygens (including phenoxy) is 1. The number of ketones is 3. The predicted molar refractivity (Wildman–Crippen MR) is 125 cm³/mol. The Morgan fingerprint density at radius 2 is 1.26 bits per heavy atom. The van der Waals surface area contributed by atoms with Gasteiger partial charge in [0.2, 0.25) is 0 Å². The molecule has 2 rings (SSSR count). The van der Waals surface area contributed by atoms with Gasteiger partial charge in [-0.2, -0.15) is 0 Å². The van der Waals surface area contributed by atoms with Crippen LogP contribution in [0.15, 0.2) is 12.1 Å². The first-order valence-electron chi connectivity index (χ1n) is 11.8. The lowest BCUT2D eigenvalue weighted by Gasteiger charge is -2.13. The molecule has 0 fully saturated rings. The Labute approximate surface area is 200 Å². The summed E-state index contributed by atoms with van der Waals surface area (Å²) in [5.74, 6) is -1.67. The molecule has 1 aromatic carbocycles. The molecular formula is C26H33NO7. The molecule has 2 amide bonds. The standard InChI is InChI=1S/C26H33NO7/c1-17(28)11-7-4-5-8-12-23(30)20-16-22-21(15-19(20)18(2)29)25(32)27(26(22)33)14-10-6-9-13-24(31)34-3/h15-16H,4-14H2,1-3H3. The molecule has 1 aliphatic rings. The topological polar surface area (TPSA) is 115 Å². The minimum atomic E-state index is -0.472.